The lowest BCUT2D eigenvalue weighted by atomic mass is 9.59. The minimum atomic E-state index is -0.126. The normalized spacial score (nSPS) is 25.6. The van der Waals surface area contributed by atoms with E-state index < -0.39 is 0 Å². The van der Waals surface area contributed by atoms with Gasteiger partial charge in [-0.2, -0.15) is 4.99 Å². The Labute approximate surface area is 212 Å². The van der Waals surface area contributed by atoms with Gasteiger partial charge in [-0.1, -0.05) is 135 Å². The Bertz CT molecular complexity index is 471. The van der Waals surface area contributed by atoms with Crippen molar-refractivity contribution in [3.63, 3.8) is 0 Å². The summed E-state index contributed by atoms with van der Waals surface area (Å²) in [6.07, 6.45) is 39.2. The molecular formula is C32H57NO. The summed E-state index contributed by atoms with van der Waals surface area (Å²) in [4.78, 5) is 17.4. The first-order chi connectivity index (χ1) is 16.9. The Hall–Kier alpha value is -0.620. The molecule has 0 aliphatic heterocycles. The Balaban J connectivity index is 1.95. The average Bonchev–Trinajstić information content (AvgIpc) is 2.87. The van der Waals surface area contributed by atoms with Crippen LogP contribution in [0.2, 0.25) is 0 Å². The number of carbonyl (C=O) groups excluding carboxylic acids is 1. The molecule has 3 fully saturated rings. The number of nitrogens with zero attached hydrogens (tertiary/aromatic N) is 1. The smallest absolute Gasteiger partial charge is 0.211 e. The van der Waals surface area contributed by atoms with Crippen molar-refractivity contribution in [2.24, 2.45) is 22.7 Å². The summed E-state index contributed by atoms with van der Waals surface area (Å²) in [6, 6.07) is 0. The molecule has 0 saturated heterocycles. The second-order valence-electron chi connectivity index (χ2n) is 12.3. The molecule has 0 atom stereocenters. The van der Waals surface area contributed by atoms with Gasteiger partial charge >= 0.3 is 0 Å². The van der Waals surface area contributed by atoms with E-state index in [1.807, 2.05) is 0 Å². The summed E-state index contributed by atoms with van der Waals surface area (Å²) in [5.74, 6) is 1.81. The highest BCUT2D eigenvalue weighted by atomic mass is 16.1. The molecule has 0 radical (unpaired) electrons. The van der Waals surface area contributed by atoms with Crippen LogP contribution in [0, 0.1) is 17.8 Å². The SMILES string of the molecule is O=C=NC(C1CCCCCCCCC1)(C1CCCCCCCCC1)C1CCCCCCCCC1. The second kappa shape index (κ2) is 16.9. The number of rotatable bonds is 4. The molecule has 0 aromatic carbocycles. The summed E-state index contributed by atoms with van der Waals surface area (Å²) in [7, 11) is 0. The summed E-state index contributed by atoms with van der Waals surface area (Å²) >= 11 is 0. The Morgan fingerprint density at radius 2 is 0.588 bits per heavy atom. The highest BCUT2D eigenvalue weighted by Crippen LogP contribution is 2.50. The molecule has 0 heterocycles. The van der Waals surface area contributed by atoms with Gasteiger partial charge in [0.2, 0.25) is 6.08 Å². The molecule has 0 unspecified atom stereocenters. The van der Waals surface area contributed by atoms with Gasteiger partial charge in [-0.15, -0.1) is 0 Å². The minimum Gasteiger partial charge on any atom is -0.211 e. The molecule has 2 nitrogen and oxygen atoms in total. The summed E-state index contributed by atoms with van der Waals surface area (Å²) in [5, 5.41) is 0. The predicted octanol–water partition coefficient (Wildman–Crippen LogP) is 10.5. The zero-order valence-corrected chi connectivity index (χ0v) is 22.7. The standard InChI is InChI=1S/C32H57NO/c34-28-33-32(29-22-16-10-4-1-5-11-17-23-29,30-24-18-12-6-2-7-13-19-25-30)31-26-20-14-8-3-9-15-21-27-31/h29-31H,1-27H2. The zero-order chi connectivity index (χ0) is 23.7. The van der Waals surface area contributed by atoms with Crippen LogP contribution < -0.4 is 0 Å². The molecule has 0 bridgehead atoms. The second-order valence-corrected chi connectivity index (χ2v) is 12.3. The van der Waals surface area contributed by atoms with E-state index in [0.29, 0.717) is 17.8 Å². The molecule has 2 heteroatoms. The van der Waals surface area contributed by atoms with Crippen LogP contribution in [0.25, 0.3) is 0 Å². The maximum absolute atomic E-state index is 12.3. The first-order valence-corrected chi connectivity index (χ1v) is 16.0. The monoisotopic (exact) mass is 471 g/mol. The van der Waals surface area contributed by atoms with Gasteiger partial charge in [-0.3, -0.25) is 0 Å². The third-order valence-corrected chi connectivity index (χ3v) is 10.0. The largest absolute Gasteiger partial charge is 0.235 e. The van der Waals surface area contributed by atoms with Gasteiger partial charge in [-0.05, 0) is 56.3 Å². The van der Waals surface area contributed by atoms with E-state index in [2.05, 4.69) is 6.08 Å². The summed E-state index contributed by atoms with van der Waals surface area (Å²) in [5.41, 5.74) is -0.126. The number of aliphatic imine (C=N–C) groups is 1. The quantitative estimate of drug-likeness (QED) is 0.296. The lowest BCUT2D eigenvalue weighted by Gasteiger charge is -2.49. The highest BCUT2D eigenvalue weighted by Gasteiger charge is 2.49. The maximum Gasteiger partial charge on any atom is 0.235 e. The van der Waals surface area contributed by atoms with Crippen molar-refractivity contribution in [1.82, 2.24) is 0 Å². The van der Waals surface area contributed by atoms with Crippen molar-refractivity contribution in [2.45, 2.75) is 179 Å². The van der Waals surface area contributed by atoms with Gasteiger partial charge in [-0.25, -0.2) is 4.79 Å². The minimum absolute atomic E-state index is 0.126. The van der Waals surface area contributed by atoms with Crippen LogP contribution in [0.1, 0.15) is 173 Å². The van der Waals surface area contributed by atoms with Crippen molar-refractivity contribution in [3.8, 4) is 0 Å². The highest BCUT2D eigenvalue weighted by molar-refractivity contribution is 5.36. The van der Waals surface area contributed by atoms with Gasteiger partial charge in [0.15, 0.2) is 0 Å². The van der Waals surface area contributed by atoms with E-state index >= 15 is 0 Å². The first kappa shape index (κ1) is 28.0. The molecule has 0 aromatic rings. The Morgan fingerprint density at radius 1 is 0.382 bits per heavy atom. The van der Waals surface area contributed by atoms with E-state index in [4.69, 9.17) is 4.99 Å². The van der Waals surface area contributed by atoms with Crippen LogP contribution >= 0.6 is 0 Å². The predicted molar refractivity (Wildman–Crippen MR) is 146 cm³/mol. The third-order valence-electron chi connectivity index (χ3n) is 10.0. The average molecular weight is 472 g/mol. The van der Waals surface area contributed by atoms with E-state index in [1.165, 1.54) is 173 Å². The molecule has 3 aliphatic rings. The van der Waals surface area contributed by atoms with Gasteiger partial charge < -0.3 is 0 Å². The fourth-order valence-electron chi connectivity index (χ4n) is 8.17. The number of hydrogen-bond donors (Lipinski definition) is 0. The third kappa shape index (κ3) is 8.80. The van der Waals surface area contributed by atoms with Crippen molar-refractivity contribution in [3.05, 3.63) is 0 Å². The molecule has 34 heavy (non-hydrogen) atoms. The number of isocyanates is 1. The van der Waals surface area contributed by atoms with Crippen LogP contribution in [0.4, 0.5) is 0 Å². The Morgan fingerprint density at radius 3 is 0.794 bits per heavy atom. The summed E-state index contributed by atoms with van der Waals surface area (Å²) in [6.45, 7) is 0. The fraction of sp³-hybridized carbons (Fsp3) is 0.969. The van der Waals surface area contributed by atoms with E-state index in [9.17, 15) is 4.79 Å². The van der Waals surface area contributed by atoms with Crippen molar-refractivity contribution in [2.75, 3.05) is 0 Å². The molecule has 3 saturated carbocycles. The molecule has 0 N–H and O–H groups in total. The zero-order valence-electron chi connectivity index (χ0n) is 22.7. The van der Waals surface area contributed by atoms with Crippen LogP contribution in [-0.2, 0) is 4.79 Å². The van der Waals surface area contributed by atoms with Crippen molar-refractivity contribution < 1.29 is 4.79 Å². The van der Waals surface area contributed by atoms with E-state index in [1.54, 1.807) is 0 Å². The molecule has 3 rings (SSSR count). The first-order valence-electron chi connectivity index (χ1n) is 16.0. The van der Waals surface area contributed by atoms with E-state index in [-0.39, 0.29) is 5.54 Å². The topological polar surface area (TPSA) is 29.4 Å². The molecule has 3 aliphatic carbocycles. The molecule has 0 spiro atoms. The van der Waals surface area contributed by atoms with Gasteiger partial charge in [0.25, 0.3) is 0 Å². The molecule has 0 aromatic heterocycles. The van der Waals surface area contributed by atoms with Crippen LogP contribution in [0.15, 0.2) is 4.99 Å². The van der Waals surface area contributed by atoms with Gasteiger partial charge in [0.1, 0.15) is 0 Å². The lowest BCUT2D eigenvalue weighted by molar-refractivity contribution is 0.0539. The fourth-order valence-corrected chi connectivity index (χ4v) is 8.17. The number of hydrogen-bond acceptors (Lipinski definition) is 2. The molecule has 0 amide bonds. The summed E-state index contributed by atoms with van der Waals surface area (Å²) < 4.78 is 0. The molecule has 196 valence electrons. The maximum atomic E-state index is 12.3. The van der Waals surface area contributed by atoms with E-state index in [0.717, 1.165) is 0 Å². The lowest BCUT2D eigenvalue weighted by Crippen LogP contribution is -2.50. The van der Waals surface area contributed by atoms with Gasteiger partial charge in [0, 0.05) is 0 Å². The Kier molecular flexibility index (Phi) is 13.9. The van der Waals surface area contributed by atoms with Crippen LogP contribution in [0.5, 0.6) is 0 Å². The van der Waals surface area contributed by atoms with Crippen LogP contribution in [-0.4, -0.2) is 11.6 Å². The van der Waals surface area contributed by atoms with Gasteiger partial charge in [0.05, 0.1) is 5.54 Å². The van der Waals surface area contributed by atoms with Crippen molar-refractivity contribution in [1.29, 1.82) is 0 Å². The van der Waals surface area contributed by atoms with Crippen molar-refractivity contribution >= 4 is 6.08 Å². The van der Waals surface area contributed by atoms with Crippen LogP contribution in [0.3, 0.4) is 0 Å². The molecular weight excluding hydrogens is 414 g/mol.